The van der Waals surface area contributed by atoms with Gasteiger partial charge in [0.25, 0.3) is 5.91 Å². The first-order chi connectivity index (χ1) is 9.15. The van der Waals surface area contributed by atoms with Crippen LogP contribution in [0, 0.1) is 12.7 Å². The van der Waals surface area contributed by atoms with E-state index in [1.165, 1.54) is 6.07 Å². The maximum atomic E-state index is 13.6. The van der Waals surface area contributed by atoms with Crippen LogP contribution in [0.2, 0.25) is 0 Å². The van der Waals surface area contributed by atoms with Gasteiger partial charge in [-0.05, 0) is 31.4 Å². The molecule has 2 N–H and O–H groups in total. The number of carbonyl (C=O) groups excluding carboxylic acids is 1. The third-order valence-corrected chi connectivity index (χ3v) is 3.33. The number of hydrogen-bond donors (Lipinski definition) is 2. The Kier molecular flexibility index (Phi) is 2.81. The molecule has 4 nitrogen and oxygen atoms in total. The zero-order valence-electron chi connectivity index (χ0n) is 10.6. The molecule has 0 fully saturated rings. The number of rotatable bonds is 1. The second-order valence-corrected chi connectivity index (χ2v) is 4.74. The smallest absolute Gasteiger partial charge is 0.271 e. The summed E-state index contributed by atoms with van der Waals surface area (Å²) in [5.41, 5.74) is 2.50. The van der Waals surface area contributed by atoms with Crippen LogP contribution < -0.4 is 5.32 Å². The standard InChI is InChI=1S/C14H14FN3O/c1-8-4-5-9(7-10(8)15)13-17-11-3-2-6-16-14(19)12(11)18-13/h4-5,7H,2-3,6H2,1H3,(H,16,19)(H,17,18). The summed E-state index contributed by atoms with van der Waals surface area (Å²) >= 11 is 0. The van der Waals surface area contributed by atoms with Crippen molar-refractivity contribution >= 4 is 5.91 Å². The Labute approximate surface area is 110 Å². The molecule has 1 amide bonds. The predicted molar refractivity (Wildman–Crippen MR) is 69.4 cm³/mol. The van der Waals surface area contributed by atoms with Crippen molar-refractivity contribution in [1.82, 2.24) is 15.3 Å². The summed E-state index contributed by atoms with van der Waals surface area (Å²) in [5.74, 6) is 0.108. The van der Waals surface area contributed by atoms with E-state index < -0.39 is 0 Å². The monoisotopic (exact) mass is 259 g/mol. The lowest BCUT2D eigenvalue weighted by molar-refractivity contribution is 0.0951. The van der Waals surface area contributed by atoms with Crippen LogP contribution >= 0.6 is 0 Å². The highest BCUT2D eigenvalue weighted by Crippen LogP contribution is 2.22. The lowest BCUT2D eigenvalue weighted by atomic mass is 10.1. The van der Waals surface area contributed by atoms with Crippen molar-refractivity contribution in [3.8, 4) is 11.4 Å². The molecule has 19 heavy (non-hydrogen) atoms. The number of hydrogen-bond acceptors (Lipinski definition) is 2. The minimum Gasteiger partial charge on any atom is -0.351 e. The Bertz CT molecular complexity index is 648. The summed E-state index contributed by atoms with van der Waals surface area (Å²) in [6.07, 6.45) is 1.65. The minimum atomic E-state index is -0.270. The highest BCUT2D eigenvalue weighted by atomic mass is 19.1. The van der Waals surface area contributed by atoms with E-state index in [-0.39, 0.29) is 11.7 Å². The number of amides is 1. The molecule has 5 heteroatoms. The molecular weight excluding hydrogens is 245 g/mol. The fraction of sp³-hybridized carbons (Fsp3) is 0.286. The molecule has 1 aromatic carbocycles. The van der Waals surface area contributed by atoms with E-state index in [0.717, 1.165) is 18.5 Å². The minimum absolute atomic E-state index is 0.164. The Morgan fingerprint density at radius 3 is 3.00 bits per heavy atom. The molecule has 2 aromatic rings. The molecule has 0 bridgehead atoms. The number of aromatic amines is 1. The molecule has 0 unspecified atom stereocenters. The van der Waals surface area contributed by atoms with Gasteiger partial charge in [-0.1, -0.05) is 12.1 Å². The van der Waals surface area contributed by atoms with Crippen LogP contribution in [0.5, 0.6) is 0 Å². The second kappa shape index (κ2) is 4.50. The molecular formula is C14H14FN3O. The maximum absolute atomic E-state index is 13.6. The van der Waals surface area contributed by atoms with Gasteiger partial charge in [0, 0.05) is 17.8 Å². The van der Waals surface area contributed by atoms with Gasteiger partial charge in [0.1, 0.15) is 17.3 Å². The van der Waals surface area contributed by atoms with Gasteiger partial charge >= 0.3 is 0 Å². The van der Waals surface area contributed by atoms with Crippen LogP contribution in [0.15, 0.2) is 18.2 Å². The number of nitrogens with one attached hydrogen (secondary N) is 2. The van der Waals surface area contributed by atoms with Gasteiger partial charge < -0.3 is 10.3 Å². The number of imidazole rings is 1. The van der Waals surface area contributed by atoms with Crippen molar-refractivity contribution in [2.24, 2.45) is 0 Å². The topological polar surface area (TPSA) is 57.8 Å². The van der Waals surface area contributed by atoms with Gasteiger partial charge in [0.15, 0.2) is 0 Å². The summed E-state index contributed by atoms with van der Waals surface area (Å²) in [7, 11) is 0. The molecule has 98 valence electrons. The van der Waals surface area contributed by atoms with Crippen molar-refractivity contribution < 1.29 is 9.18 Å². The second-order valence-electron chi connectivity index (χ2n) is 4.74. The van der Waals surface area contributed by atoms with E-state index in [9.17, 15) is 9.18 Å². The molecule has 0 spiro atoms. The number of carbonyl (C=O) groups is 1. The summed E-state index contributed by atoms with van der Waals surface area (Å²) < 4.78 is 13.6. The normalized spacial score (nSPS) is 14.7. The Balaban J connectivity index is 2.04. The maximum Gasteiger partial charge on any atom is 0.271 e. The van der Waals surface area contributed by atoms with Crippen LogP contribution in [-0.4, -0.2) is 22.4 Å². The molecule has 0 saturated heterocycles. The van der Waals surface area contributed by atoms with E-state index in [4.69, 9.17) is 0 Å². The van der Waals surface area contributed by atoms with Gasteiger partial charge in [-0.25, -0.2) is 9.37 Å². The van der Waals surface area contributed by atoms with Crippen LogP contribution in [0.3, 0.4) is 0 Å². The van der Waals surface area contributed by atoms with Crippen LogP contribution in [0.4, 0.5) is 4.39 Å². The predicted octanol–water partition coefficient (Wildman–Crippen LogP) is 2.20. The quantitative estimate of drug-likeness (QED) is 0.824. The molecule has 0 atom stereocenters. The van der Waals surface area contributed by atoms with Crippen LogP contribution in [-0.2, 0) is 6.42 Å². The van der Waals surface area contributed by atoms with Crippen molar-refractivity contribution in [3.63, 3.8) is 0 Å². The largest absolute Gasteiger partial charge is 0.351 e. The fourth-order valence-electron chi connectivity index (χ4n) is 2.21. The lowest BCUT2D eigenvalue weighted by Gasteiger charge is -2.00. The van der Waals surface area contributed by atoms with E-state index in [1.807, 2.05) is 0 Å². The molecule has 0 radical (unpaired) electrons. The summed E-state index contributed by atoms with van der Waals surface area (Å²) in [6, 6.07) is 4.94. The molecule has 0 aliphatic carbocycles. The average molecular weight is 259 g/mol. The first-order valence-electron chi connectivity index (χ1n) is 6.29. The van der Waals surface area contributed by atoms with E-state index >= 15 is 0 Å². The third-order valence-electron chi connectivity index (χ3n) is 3.33. The van der Waals surface area contributed by atoms with Crippen molar-refractivity contribution in [1.29, 1.82) is 0 Å². The van der Waals surface area contributed by atoms with Crippen LogP contribution in [0.1, 0.15) is 28.2 Å². The van der Waals surface area contributed by atoms with Gasteiger partial charge in [-0.3, -0.25) is 4.79 Å². The van der Waals surface area contributed by atoms with Gasteiger partial charge in [0.2, 0.25) is 0 Å². The van der Waals surface area contributed by atoms with Gasteiger partial charge in [0.05, 0.1) is 0 Å². The number of aromatic nitrogens is 2. The summed E-state index contributed by atoms with van der Waals surface area (Å²) in [5, 5.41) is 2.79. The number of halogens is 1. The zero-order valence-corrected chi connectivity index (χ0v) is 10.6. The van der Waals surface area contributed by atoms with E-state index in [1.54, 1.807) is 19.1 Å². The average Bonchev–Trinajstić information content (AvgIpc) is 2.75. The highest BCUT2D eigenvalue weighted by molar-refractivity contribution is 5.94. The SMILES string of the molecule is Cc1ccc(-c2nc3c([nH]2)CCCNC3=O)cc1F. The third kappa shape index (κ3) is 2.12. The van der Waals surface area contributed by atoms with E-state index in [2.05, 4.69) is 15.3 Å². The molecule has 1 aliphatic rings. The van der Waals surface area contributed by atoms with Gasteiger partial charge in [-0.2, -0.15) is 0 Å². The zero-order chi connectivity index (χ0) is 13.4. The highest BCUT2D eigenvalue weighted by Gasteiger charge is 2.20. The fourth-order valence-corrected chi connectivity index (χ4v) is 2.21. The Hall–Kier alpha value is -2.17. The van der Waals surface area contributed by atoms with Crippen molar-refractivity contribution in [2.45, 2.75) is 19.8 Å². The molecule has 1 aromatic heterocycles. The molecule has 3 rings (SSSR count). The van der Waals surface area contributed by atoms with Crippen LogP contribution in [0.25, 0.3) is 11.4 Å². The Morgan fingerprint density at radius 1 is 1.37 bits per heavy atom. The number of aryl methyl sites for hydroxylation is 2. The first kappa shape index (κ1) is 11.9. The number of H-pyrrole nitrogens is 1. The lowest BCUT2D eigenvalue weighted by Crippen LogP contribution is -2.23. The number of nitrogens with zero attached hydrogens (tertiary/aromatic N) is 1. The number of benzene rings is 1. The first-order valence-corrected chi connectivity index (χ1v) is 6.29. The number of fused-ring (bicyclic) bond motifs is 1. The van der Waals surface area contributed by atoms with Crippen molar-refractivity contribution in [2.75, 3.05) is 6.54 Å². The van der Waals surface area contributed by atoms with E-state index in [0.29, 0.717) is 29.2 Å². The molecule has 0 saturated carbocycles. The summed E-state index contributed by atoms with van der Waals surface area (Å²) in [4.78, 5) is 19.2. The Morgan fingerprint density at radius 2 is 2.21 bits per heavy atom. The van der Waals surface area contributed by atoms with Gasteiger partial charge in [-0.15, -0.1) is 0 Å². The molecule has 1 aliphatic heterocycles. The molecule has 2 heterocycles. The summed E-state index contributed by atoms with van der Waals surface area (Å²) in [6.45, 7) is 2.38. The van der Waals surface area contributed by atoms with Crippen molar-refractivity contribution in [3.05, 3.63) is 41.0 Å².